The van der Waals surface area contributed by atoms with E-state index < -0.39 is 45.3 Å². The normalized spacial score (nSPS) is 21.2. The van der Waals surface area contributed by atoms with Crippen LogP contribution in [0.15, 0.2) is 48.2 Å². The van der Waals surface area contributed by atoms with E-state index in [1.54, 1.807) is 6.07 Å². The number of thioether (sulfide) groups is 1. The summed E-state index contributed by atoms with van der Waals surface area (Å²) in [5.74, 6) is -2.42. The van der Waals surface area contributed by atoms with Crippen LogP contribution in [0.5, 0.6) is 0 Å². The number of carbonyl (C=O) groups excluding carboxylic acids is 3. The fourth-order valence-corrected chi connectivity index (χ4v) is 5.09. The number of nitrogens with one attached hydrogen (secondary N) is 2. The molecule has 1 aromatic rings. The van der Waals surface area contributed by atoms with Gasteiger partial charge in [0.25, 0.3) is 5.91 Å². The van der Waals surface area contributed by atoms with Gasteiger partial charge in [-0.2, -0.15) is 0 Å². The number of carboxylic acids is 1. The monoisotopic (exact) mass is 474 g/mol. The van der Waals surface area contributed by atoms with Gasteiger partial charge in [-0.15, -0.1) is 11.8 Å². The predicted molar refractivity (Wildman–Crippen MR) is 109 cm³/mol. The van der Waals surface area contributed by atoms with E-state index in [2.05, 4.69) is 16.6 Å². The molecule has 2 heterocycles. The predicted octanol–water partition coefficient (Wildman–Crippen LogP) is -4.35. The standard InChI is InChI=1S/C18H20N4O6S2.Na/c1-3-9-8-29-17-13(16(24)22(17)14(9)18(25)26)20-15(23)12(19)10-5-4-6-11(7-10)21-30(2,27)28;/h3-7,12-13,17,21H,1,8,19H2,2H3,(H,20,23)(H,25,26);/q;+1/p-1/t12-,13?,17+;/m1./s1. The van der Waals surface area contributed by atoms with Crippen LogP contribution in [0.3, 0.4) is 0 Å². The van der Waals surface area contributed by atoms with Crippen LogP contribution in [0.1, 0.15) is 11.6 Å². The SMILES string of the molecule is C=CC1=C(C(=O)[O-])N2C(=O)C(NC(=O)[C@H](N)c3cccc(NS(C)(=O)=O)c3)[C@@H]2SC1.[Na+]. The molecule has 0 spiro atoms. The summed E-state index contributed by atoms with van der Waals surface area (Å²) in [5.41, 5.74) is 6.70. The molecular formula is C18H19N4NaO6S2. The molecule has 1 unspecified atom stereocenters. The first-order chi connectivity index (χ1) is 14.0. The third kappa shape index (κ3) is 5.33. The number of fused-ring (bicyclic) bond motifs is 1. The molecule has 2 aliphatic heterocycles. The molecule has 3 rings (SSSR count). The molecule has 0 aliphatic carbocycles. The van der Waals surface area contributed by atoms with Crippen LogP contribution >= 0.6 is 11.8 Å². The number of benzene rings is 1. The Morgan fingerprint density at radius 2 is 2.10 bits per heavy atom. The molecule has 0 radical (unpaired) electrons. The molecule has 10 nitrogen and oxygen atoms in total. The molecular weight excluding hydrogens is 455 g/mol. The smallest absolute Gasteiger partial charge is 0.543 e. The maximum atomic E-state index is 12.6. The van der Waals surface area contributed by atoms with Crippen LogP contribution in [0.4, 0.5) is 5.69 Å². The topological polar surface area (TPSA) is 162 Å². The summed E-state index contributed by atoms with van der Waals surface area (Å²) in [6.07, 6.45) is 2.36. The number of β-lactam (4-membered cyclic amide) rings is 1. The third-order valence-electron chi connectivity index (χ3n) is 4.57. The first kappa shape index (κ1) is 25.4. The summed E-state index contributed by atoms with van der Waals surface area (Å²) in [7, 11) is -3.50. The van der Waals surface area contributed by atoms with Crippen LogP contribution in [0.2, 0.25) is 0 Å². The van der Waals surface area contributed by atoms with Crippen molar-refractivity contribution in [3.63, 3.8) is 0 Å². The van der Waals surface area contributed by atoms with E-state index in [-0.39, 0.29) is 40.9 Å². The second-order valence-corrected chi connectivity index (χ2v) is 9.59. The summed E-state index contributed by atoms with van der Waals surface area (Å²) in [6, 6.07) is 3.91. The van der Waals surface area contributed by atoms with Crippen LogP contribution in [0, 0.1) is 0 Å². The van der Waals surface area contributed by atoms with E-state index in [1.807, 2.05) is 0 Å². The first-order valence-electron chi connectivity index (χ1n) is 8.69. The molecule has 160 valence electrons. The van der Waals surface area contributed by atoms with Gasteiger partial charge in [0, 0.05) is 11.4 Å². The molecule has 1 saturated heterocycles. The van der Waals surface area contributed by atoms with Gasteiger partial charge in [-0.1, -0.05) is 24.8 Å². The van der Waals surface area contributed by atoms with Gasteiger partial charge < -0.3 is 21.0 Å². The molecule has 2 aliphatic rings. The van der Waals surface area contributed by atoms with Gasteiger partial charge in [-0.3, -0.25) is 19.2 Å². The number of sulfonamides is 1. The molecule has 1 aromatic carbocycles. The van der Waals surface area contributed by atoms with E-state index in [4.69, 9.17) is 5.73 Å². The Kier molecular flexibility index (Phi) is 8.00. The zero-order chi connectivity index (χ0) is 22.2. The fourth-order valence-electron chi connectivity index (χ4n) is 3.19. The number of amides is 2. The van der Waals surface area contributed by atoms with Gasteiger partial charge in [-0.05, 0) is 23.3 Å². The average Bonchev–Trinajstić information content (AvgIpc) is 2.68. The Morgan fingerprint density at radius 3 is 2.68 bits per heavy atom. The van der Waals surface area contributed by atoms with Crippen molar-refractivity contribution in [2.75, 3.05) is 16.7 Å². The van der Waals surface area contributed by atoms with Crippen LogP contribution in [-0.4, -0.2) is 54.5 Å². The Labute approximate surface area is 205 Å². The minimum atomic E-state index is -3.50. The van der Waals surface area contributed by atoms with Crippen molar-refractivity contribution in [1.82, 2.24) is 10.2 Å². The first-order valence-corrected chi connectivity index (χ1v) is 11.6. The number of allylic oxidation sites excluding steroid dienone is 1. The van der Waals surface area contributed by atoms with E-state index in [0.29, 0.717) is 16.9 Å². The summed E-state index contributed by atoms with van der Waals surface area (Å²) < 4.78 is 25.0. The van der Waals surface area contributed by atoms with E-state index in [1.165, 1.54) is 36.0 Å². The number of hydrogen-bond acceptors (Lipinski definition) is 8. The summed E-state index contributed by atoms with van der Waals surface area (Å²) in [4.78, 5) is 37.6. The second-order valence-electron chi connectivity index (χ2n) is 6.74. The van der Waals surface area contributed by atoms with Crippen molar-refractivity contribution in [2.45, 2.75) is 17.5 Å². The van der Waals surface area contributed by atoms with Gasteiger partial charge in [0.2, 0.25) is 15.9 Å². The maximum absolute atomic E-state index is 12.6. The molecule has 1 fully saturated rings. The van der Waals surface area contributed by atoms with Gasteiger partial charge in [0.05, 0.1) is 17.9 Å². The Morgan fingerprint density at radius 1 is 1.42 bits per heavy atom. The fraction of sp³-hybridized carbons (Fsp3) is 0.278. The number of nitrogens with two attached hydrogens (primary N) is 1. The average molecular weight is 474 g/mol. The van der Waals surface area contributed by atoms with Crippen molar-refractivity contribution >= 4 is 45.3 Å². The van der Waals surface area contributed by atoms with Crippen molar-refractivity contribution in [1.29, 1.82) is 0 Å². The minimum Gasteiger partial charge on any atom is -0.543 e. The van der Waals surface area contributed by atoms with Crippen LogP contribution in [-0.2, 0) is 24.4 Å². The third-order valence-corrected chi connectivity index (χ3v) is 6.48. The molecule has 0 saturated carbocycles. The molecule has 3 atom stereocenters. The van der Waals surface area contributed by atoms with Crippen LogP contribution in [0.25, 0.3) is 0 Å². The molecule has 13 heteroatoms. The number of aliphatic carboxylic acids is 1. The molecule has 4 N–H and O–H groups in total. The van der Waals surface area contributed by atoms with Crippen molar-refractivity contribution in [3.05, 3.63) is 53.8 Å². The Balaban J connectivity index is 0.00000341. The molecule has 0 aromatic heterocycles. The van der Waals surface area contributed by atoms with Crippen LogP contribution < -0.4 is 50.4 Å². The van der Waals surface area contributed by atoms with E-state index >= 15 is 0 Å². The van der Waals surface area contributed by atoms with Gasteiger partial charge in [0.1, 0.15) is 17.5 Å². The number of hydrogen-bond donors (Lipinski definition) is 3. The van der Waals surface area contributed by atoms with Gasteiger partial charge >= 0.3 is 29.6 Å². The summed E-state index contributed by atoms with van der Waals surface area (Å²) >= 11 is 1.29. The zero-order valence-electron chi connectivity index (χ0n) is 16.8. The van der Waals surface area contributed by atoms with Gasteiger partial charge in [0.15, 0.2) is 0 Å². The number of carboxylic acid groups (broad SMARTS) is 1. The van der Waals surface area contributed by atoms with Crippen molar-refractivity contribution in [2.24, 2.45) is 5.73 Å². The van der Waals surface area contributed by atoms with Crippen molar-refractivity contribution in [3.8, 4) is 0 Å². The quantitative estimate of drug-likeness (QED) is 0.264. The summed E-state index contributed by atoms with van der Waals surface area (Å²) in [5, 5.41) is 13.4. The number of carbonyl (C=O) groups is 3. The number of anilines is 1. The Hall–Kier alpha value is -1.83. The number of nitrogens with zero attached hydrogens (tertiary/aromatic N) is 1. The van der Waals surface area contributed by atoms with E-state index in [9.17, 15) is 27.9 Å². The summed E-state index contributed by atoms with van der Waals surface area (Å²) in [6.45, 7) is 3.55. The zero-order valence-corrected chi connectivity index (χ0v) is 20.5. The minimum absolute atomic E-state index is 0. The largest absolute Gasteiger partial charge is 1.00 e. The van der Waals surface area contributed by atoms with E-state index in [0.717, 1.165) is 11.2 Å². The molecule has 31 heavy (non-hydrogen) atoms. The second kappa shape index (κ2) is 9.76. The Bertz CT molecular complexity index is 1070. The molecule has 2 amide bonds. The molecule has 0 bridgehead atoms. The van der Waals surface area contributed by atoms with Crippen molar-refractivity contribution < 1.29 is 57.5 Å². The maximum Gasteiger partial charge on any atom is 1.00 e. The van der Waals surface area contributed by atoms with Gasteiger partial charge in [-0.25, -0.2) is 8.42 Å². The number of rotatable bonds is 7.